The fourth-order valence-corrected chi connectivity index (χ4v) is 3.52. The number of anilines is 5. The SMILES string of the molecule is COCCOc1cccc(F)c1Nc1nc(Nc2ccc3c(c2)NC(=O)CCC3)ncc1Cl. The molecule has 0 saturated carbocycles. The van der Waals surface area contributed by atoms with E-state index in [0.29, 0.717) is 24.5 Å². The summed E-state index contributed by atoms with van der Waals surface area (Å²) in [7, 11) is 1.56. The first-order chi connectivity index (χ1) is 16.0. The van der Waals surface area contributed by atoms with E-state index in [0.717, 1.165) is 24.1 Å². The van der Waals surface area contributed by atoms with Crippen LogP contribution in [0.2, 0.25) is 5.02 Å². The van der Waals surface area contributed by atoms with Crippen LogP contribution in [0.25, 0.3) is 0 Å². The second-order valence-electron chi connectivity index (χ2n) is 7.37. The first-order valence-electron chi connectivity index (χ1n) is 10.4. The lowest BCUT2D eigenvalue weighted by atomic mass is 10.1. The second-order valence-corrected chi connectivity index (χ2v) is 7.78. The van der Waals surface area contributed by atoms with Crippen molar-refractivity contribution in [1.82, 2.24) is 9.97 Å². The summed E-state index contributed by atoms with van der Waals surface area (Å²) in [6, 6.07) is 10.2. The van der Waals surface area contributed by atoms with Crippen molar-refractivity contribution in [3.63, 3.8) is 0 Å². The Bertz CT molecular complexity index is 1160. The smallest absolute Gasteiger partial charge is 0.229 e. The average Bonchev–Trinajstić information content (AvgIpc) is 2.98. The molecule has 3 N–H and O–H groups in total. The topological polar surface area (TPSA) is 97.4 Å². The number of para-hydroxylation sites is 1. The number of amides is 1. The number of nitrogens with one attached hydrogen (secondary N) is 3. The Morgan fingerprint density at radius 3 is 2.91 bits per heavy atom. The van der Waals surface area contributed by atoms with Gasteiger partial charge in [0.15, 0.2) is 11.6 Å². The summed E-state index contributed by atoms with van der Waals surface area (Å²) in [6.45, 7) is 0.618. The van der Waals surface area contributed by atoms with E-state index in [9.17, 15) is 9.18 Å². The molecule has 33 heavy (non-hydrogen) atoms. The number of methoxy groups -OCH3 is 1. The van der Waals surface area contributed by atoms with Crippen molar-refractivity contribution in [3.8, 4) is 5.75 Å². The average molecular weight is 472 g/mol. The highest BCUT2D eigenvalue weighted by Crippen LogP contribution is 2.33. The number of carbonyl (C=O) groups is 1. The van der Waals surface area contributed by atoms with Crippen molar-refractivity contribution in [3.05, 3.63) is 59.0 Å². The first kappa shape index (κ1) is 22.8. The predicted molar refractivity (Wildman–Crippen MR) is 125 cm³/mol. The summed E-state index contributed by atoms with van der Waals surface area (Å²) in [6.07, 6.45) is 3.56. The van der Waals surface area contributed by atoms with E-state index >= 15 is 0 Å². The summed E-state index contributed by atoms with van der Waals surface area (Å²) < 4.78 is 25.1. The number of aryl methyl sites for hydroxylation is 1. The summed E-state index contributed by atoms with van der Waals surface area (Å²) in [4.78, 5) is 20.5. The van der Waals surface area contributed by atoms with E-state index in [1.807, 2.05) is 18.2 Å². The Balaban J connectivity index is 1.56. The number of halogens is 2. The second kappa shape index (κ2) is 10.5. The summed E-state index contributed by atoms with van der Waals surface area (Å²) in [5.41, 5.74) is 2.64. The Morgan fingerprint density at radius 1 is 1.18 bits per heavy atom. The predicted octanol–water partition coefficient (Wildman–Crippen LogP) is 5.06. The highest BCUT2D eigenvalue weighted by molar-refractivity contribution is 6.33. The molecule has 1 aromatic heterocycles. The Labute approximate surface area is 195 Å². The van der Waals surface area contributed by atoms with Crippen molar-refractivity contribution in [1.29, 1.82) is 0 Å². The largest absolute Gasteiger partial charge is 0.489 e. The molecule has 3 aromatic rings. The molecule has 1 amide bonds. The van der Waals surface area contributed by atoms with Gasteiger partial charge in [0, 0.05) is 24.9 Å². The van der Waals surface area contributed by atoms with Crippen LogP contribution in [-0.4, -0.2) is 36.2 Å². The number of hydrogen-bond acceptors (Lipinski definition) is 7. The molecule has 0 radical (unpaired) electrons. The molecule has 0 bridgehead atoms. The molecule has 0 spiro atoms. The van der Waals surface area contributed by atoms with Crippen LogP contribution in [0.15, 0.2) is 42.6 Å². The molecule has 8 nitrogen and oxygen atoms in total. The minimum absolute atomic E-state index is 0.00598. The van der Waals surface area contributed by atoms with Crippen LogP contribution in [0.3, 0.4) is 0 Å². The Morgan fingerprint density at radius 2 is 2.06 bits per heavy atom. The summed E-state index contributed by atoms with van der Waals surface area (Å²) >= 11 is 6.26. The van der Waals surface area contributed by atoms with Gasteiger partial charge in [-0.15, -0.1) is 0 Å². The number of rotatable bonds is 8. The van der Waals surface area contributed by atoms with Gasteiger partial charge in [0.05, 0.1) is 12.8 Å². The van der Waals surface area contributed by atoms with Gasteiger partial charge in [0.1, 0.15) is 23.1 Å². The van der Waals surface area contributed by atoms with Crippen molar-refractivity contribution in [2.24, 2.45) is 0 Å². The highest BCUT2D eigenvalue weighted by Gasteiger charge is 2.16. The molecule has 10 heteroatoms. The number of hydrogen-bond donors (Lipinski definition) is 3. The molecular weight excluding hydrogens is 449 g/mol. The number of benzene rings is 2. The highest BCUT2D eigenvalue weighted by atomic mass is 35.5. The zero-order valence-electron chi connectivity index (χ0n) is 18.0. The molecule has 1 aliphatic heterocycles. The van der Waals surface area contributed by atoms with Crippen LogP contribution in [0.5, 0.6) is 5.75 Å². The van der Waals surface area contributed by atoms with Crippen molar-refractivity contribution in [2.75, 3.05) is 36.3 Å². The lowest BCUT2D eigenvalue weighted by Gasteiger charge is -2.15. The third kappa shape index (κ3) is 5.68. The van der Waals surface area contributed by atoms with Crippen LogP contribution < -0.4 is 20.7 Å². The zero-order chi connectivity index (χ0) is 23.2. The van der Waals surface area contributed by atoms with E-state index in [1.54, 1.807) is 19.2 Å². The first-order valence-corrected chi connectivity index (χ1v) is 10.8. The van der Waals surface area contributed by atoms with E-state index in [4.69, 9.17) is 21.1 Å². The van der Waals surface area contributed by atoms with Gasteiger partial charge in [-0.3, -0.25) is 4.79 Å². The Hall–Kier alpha value is -3.43. The summed E-state index contributed by atoms with van der Waals surface area (Å²) in [5, 5.41) is 9.13. The lowest BCUT2D eigenvalue weighted by molar-refractivity contribution is -0.116. The minimum atomic E-state index is -0.518. The third-order valence-electron chi connectivity index (χ3n) is 5.00. The van der Waals surface area contributed by atoms with Gasteiger partial charge >= 0.3 is 0 Å². The van der Waals surface area contributed by atoms with Gasteiger partial charge in [-0.05, 0) is 42.7 Å². The fourth-order valence-electron chi connectivity index (χ4n) is 3.38. The van der Waals surface area contributed by atoms with E-state index in [1.165, 1.54) is 12.3 Å². The van der Waals surface area contributed by atoms with Gasteiger partial charge in [-0.2, -0.15) is 4.98 Å². The van der Waals surface area contributed by atoms with Gasteiger partial charge < -0.3 is 25.4 Å². The quantitative estimate of drug-likeness (QED) is 0.395. The standard InChI is InChI=1S/C23H23ClFN5O3/c1-32-10-11-33-19-6-3-5-17(25)21(19)29-22-16(24)13-26-23(30-22)27-15-9-8-14-4-2-7-20(31)28-18(14)12-15/h3,5-6,8-9,12-13H,2,4,7,10-11H2,1H3,(H,28,31)(H2,26,27,29,30). The molecule has 0 unspecified atom stereocenters. The number of carbonyl (C=O) groups excluding carboxylic acids is 1. The van der Waals surface area contributed by atoms with Crippen molar-refractivity contribution >= 4 is 46.3 Å². The zero-order valence-corrected chi connectivity index (χ0v) is 18.7. The number of fused-ring (bicyclic) bond motifs is 1. The number of nitrogens with zero attached hydrogens (tertiary/aromatic N) is 2. The maximum absolute atomic E-state index is 14.5. The van der Waals surface area contributed by atoms with Crippen LogP contribution in [0, 0.1) is 5.82 Å². The van der Waals surface area contributed by atoms with E-state index in [-0.39, 0.29) is 35.0 Å². The van der Waals surface area contributed by atoms with Crippen LogP contribution in [-0.2, 0) is 16.0 Å². The molecule has 1 aliphatic rings. The minimum Gasteiger partial charge on any atom is -0.489 e. The van der Waals surface area contributed by atoms with Crippen LogP contribution in [0.1, 0.15) is 18.4 Å². The van der Waals surface area contributed by atoms with Gasteiger partial charge in [0.2, 0.25) is 11.9 Å². The number of ether oxygens (including phenoxy) is 2. The van der Waals surface area contributed by atoms with E-state index in [2.05, 4.69) is 25.9 Å². The lowest BCUT2D eigenvalue weighted by Crippen LogP contribution is -2.09. The maximum Gasteiger partial charge on any atom is 0.229 e. The molecule has 0 saturated heterocycles. The molecule has 0 atom stereocenters. The van der Waals surface area contributed by atoms with Crippen LogP contribution in [0.4, 0.5) is 33.2 Å². The van der Waals surface area contributed by atoms with Gasteiger partial charge in [0.25, 0.3) is 0 Å². The van der Waals surface area contributed by atoms with Crippen molar-refractivity contribution in [2.45, 2.75) is 19.3 Å². The van der Waals surface area contributed by atoms with Crippen LogP contribution >= 0.6 is 11.6 Å². The van der Waals surface area contributed by atoms with Crippen molar-refractivity contribution < 1.29 is 18.7 Å². The number of aromatic nitrogens is 2. The molecule has 172 valence electrons. The maximum atomic E-state index is 14.5. The molecule has 4 rings (SSSR count). The monoisotopic (exact) mass is 471 g/mol. The van der Waals surface area contributed by atoms with Gasteiger partial charge in [-0.25, -0.2) is 9.37 Å². The summed E-state index contributed by atoms with van der Waals surface area (Å²) in [5.74, 6) is 0.237. The Kier molecular flexibility index (Phi) is 7.21. The molecule has 0 fully saturated rings. The molecular formula is C23H23ClFN5O3. The van der Waals surface area contributed by atoms with E-state index < -0.39 is 5.82 Å². The molecule has 2 aromatic carbocycles. The molecule has 2 heterocycles. The normalized spacial score (nSPS) is 13.0. The van der Waals surface area contributed by atoms with Gasteiger partial charge in [-0.1, -0.05) is 23.7 Å². The fraction of sp³-hybridized carbons (Fsp3) is 0.261. The third-order valence-corrected chi connectivity index (χ3v) is 5.27. The molecule has 0 aliphatic carbocycles.